The molecule has 5 nitrogen and oxygen atoms in total. The number of unbranched alkanes of at least 4 members (excludes halogenated alkanes) is 7. The SMILES string of the molecule is CCCCCCCCCC[C@@H](C(=O)OCC)S(=O)(=O)O. The van der Waals surface area contributed by atoms with Crippen molar-refractivity contribution in [1.29, 1.82) is 0 Å². The first kappa shape index (κ1) is 19.4. The van der Waals surface area contributed by atoms with Gasteiger partial charge >= 0.3 is 5.97 Å². The van der Waals surface area contributed by atoms with Crippen molar-refractivity contribution in [2.45, 2.75) is 76.9 Å². The van der Waals surface area contributed by atoms with Gasteiger partial charge in [0.05, 0.1) is 6.61 Å². The van der Waals surface area contributed by atoms with E-state index in [4.69, 9.17) is 4.55 Å². The van der Waals surface area contributed by atoms with Crippen LogP contribution in [-0.4, -0.2) is 30.8 Å². The Hall–Kier alpha value is -0.620. The van der Waals surface area contributed by atoms with Crippen LogP contribution in [0.25, 0.3) is 0 Å². The second kappa shape index (κ2) is 11.1. The molecule has 0 unspecified atom stereocenters. The molecule has 0 radical (unpaired) electrons. The molecule has 0 heterocycles. The summed E-state index contributed by atoms with van der Waals surface area (Å²) in [6.07, 6.45) is 8.70. The van der Waals surface area contributed by atoms with Crippen molar-refractivity contribution in [3.05, 3.63) is 0 Å². The summed E-state index contributed by atoms with van der Waals surface area (Å²) < 4.78 is 36.0. The van der Waals surface area contributed by atoms with Gasteiger partial charge in [-0.3, -0.25) is 9.35 Å². The molecule has 0 aromatic rings. The molecule has 0 amide bonds. The molecule has 0 aromatic heterocycles. The molecule has 0 saturated carbocycles. The van der Waals surface area contributed by atoms with E-state index in [1.54, 1.807) is 6.92 Å². The second-order valence-corrected chi connectivity index (χ2v) is 6.62. The fraction of sp³-hybridized carbons (Fsp3) is 0.929. The summed E-state index contributed by atoms with van der Waals surface area (Å²) >= 11 is 0. The maximum Gasteiger partial charge on any atom is 0.326 e. The largest absolute Gasteiger partial charge is 0.465 e. The lowest BCUT2D eigenvalue weighted by atomic mass is 10.1. The average Bonchev–Trinajstić information content (AvgIpc) is 2.35. The molecule has 1 N–H and O–H groups in total. The van der Waals surface area contributed by atoms with Crippen molar-refractivity contribution in [2.75, 3.05) is 6.61 Å². The van der Waals surface area contributed by atoms with Gasteiger partial charge in [0, 0.05) is 0 Å². The van der Waals surface area contributed by atoms with Crippen LogP contribution in [0.15, 0.2) is 0 Å². The van der Waals surface area contributed by atoms with Crippen LogP contribution in [0.2, 0.25) is 0 Å². The minimum Gasteiger partial charge on any atom is -0.465 e. The van der Waals surface area contributed by atoms with Crippen molar-refractivity contribution < 1.29 is 22.5 Å². The number of hydrogen-bond acceptors (Lipinski definition) is 4. The van der Waals surface area contributed by atoms with Crippen LogP contribution in [0.5, 0.6) is 0 Å². The van der Waals surface area contributed by atoms with E-state index >= 15 is 0 Å². The van der Waals surface area contributed by atoms with Gasteiger partial charge in [0.2, 0.25) is 0 Å². The van der Waals surface area contributed by atoms with E-state index in [9.17, 15) is 13.2 Å². The monoisotopic (exact) mass is 308 g/mol. The lowest BCUT2D eigenvalue weighted by Gasteiger charge is -2.12. The zero-order chi connectivity index (χ0) is 15.4. The van der Waals surface area contributed by atoms with Crippen LogP contribution in [0.1, 0.15) is 71.6 Å². The van der Waals surface area contributed by atoms with Crippen LogP contribution in [0, 0.1) is 0 Å². The molecule has 0 bridgehead atoms. The Morgan fingerprint density at radius 3 is 1.95 bits per heavy atom. The van der Waals surface area contributed by atoms with Gasteiger partial charge in [-0.05, 0) is 13.3 Å². The number of esters is 1. The van der Waals surface area contributed by atoms with Crippen LogP contribution >= 0.6 is 0 Å². The molecule has 0 spiro atoms. The summed E-state index contributed by atoms with van der Waals surface area (Å²) in [5.41, 5.74) is 0. The number of hydrogen-bond donors (Lipinski definition) is 1. The Bertz CT molecular complexity index is 351. The summed E-state index contributed by atoms with van der Waals surface area (Å²) in [6.45, 7) is 3.89. The van der Waals surface area contributed by atoms with Gasteiger partial charge in [-0.25, -0.2) is 0 Å². The standard InChI is InChI=1S/C14H28O5S/c1-3-5-6-7-8-9-10-11-12-13(20(16,17)18)14(15)19-4-2/h13H,3-12H2,1-2H3,(H,16,17,18)/t13-/m0/s1. The van der Waals surface area contributed by atoms with Crippen molar-refractivity contribution in [3.8, 4) is 0 Å². The van der Waals surface area contributed by atoms with Gasteiger partial charge < -0.3 is 4.74 Å². The maximum atomic E-state index is 11.5. The van der Waals surface area contributed by atoms with Gasteiger partial charge in [-0.1, -0.05) is 58.3 Å². The van der Waals surface area contributed by atoms with E-state index in [1.807, 2.05) is 0 Å². The molecule has 20 heavy (non-hydrogen) atoms. The zero-order valence-corrected chi connectivity index (χ0v) is 13.5. The molecule has 6 heteroatoms. The minimum atomic E-state index is -4.37. The zero-order valence-electron chi connectivity index (χ0n) is 12.6. The molecule has 0 aliphatic carbocycles. The average molecular weight is 308 g/mol. The van der Waals surface area contributed by atoms with Gasteiger partial charge in [0.15, 0.2) is 5.25 Å². The minimum absolute atomic E-state index is 0.113. The number of carbonyl (C=O) groups is 1. The predicted molar refractivity (Wildman–Crippen MR) is 79.2 cm³/mol. The lowest BCUT2D eigenvalue weighted by Crippen LogP contribution is -2.31. The summed E-state index contributed by atoms with van der Waals surface area (Å²) in [4.78, 5) is 11.5. The van der Waals surface area contributed by atoms with E-state index in [2.05, 4.69) is 11.7 Å². The first-order valence-electron chi connectivity index (χ1n) is 7.56. The summed E-state index contributed by atoms with van der Waals surface area (Å²) in [6, 6.07) is 0. The van der Waals surface area contributed by atoms with Gasteiger partial charge in [0.25, 0.3) is 10.1 Å². The summed E-state index contributed by atoms with van der Waals surface area (Å²) in [5.74, 6) is -0.849. The molecule has 0 fully saturated rings. The number of carbonyl (C=O) groups excluding carboxylic acids is 1. The highest BCUT2D eigenvalue weighted by molar-refractivity contribution is 7.87. The topological polar surface area (TPSA) is 80.7 Å². The Morgan fingerprint density at radius 1 is 1.00 bits per heavy atom. The Balaban J connectivity index is 3.90. The van der Waals surface area contributed by atoms with E-state index in [-0.39, 0.29) is 13.0 Å². The number of rotatable bonds is 12. The smallest absolute Gasteiger partial charge is 0.326 e. The Labute approximate surface area is 122 Å². The van der Waals surface area contributed by atoms with Crippen LogP contribution in [0.3, 0.4) is 0 Å². The normalized spacial score (nSPS) is 13.2. The van der Waals surface area contributed by atoms with Gasteiger partial charge in [-0.15, -0.1) is 0 Å². The van der Waals surface area contributed by atoms with E-state index < -0.39 is 21.3 Å². The third-order valence-corrected chi connectivity index (χ3v) is 4.38. The molecule has 0 saturated heterocycles. The fourth-order valence-electron chi connectivity index (χ4n) is 2.09. The molecule has 0 aliphatic rings. The van der Waals surface area contributed by atoms with Crippen LogP contribution in [-0.2, 0) is 19.6 Å². The summed E-state index contributed by atoms with van der Waals surface area (Å²) in [7, 11) is -4.37. The van der Waals surface area contributed by atoms with E-state index in [0.717, 1.165) is 19.3 Å². The third kappa shape index (κ3) is 9.31. The van der Waals surface area contributed by atoms with Crippen molar-refractivity contribution >= 4 is 16.1 Å². The molecular formula is C14H28O5S. The summed E-state index contributed by atoms with van der Waals surface area (Å²) in [5, 5.41) is -1.43. The second-order valence-electron chi connectivity index (χ2n) is 5.02. The maximum absolute atomic E-state index is 11.5. The van der Waals surface area contributed by atoms with Gasteiger partial charge in [-0.2, -0.15) is 8.42 Å². The van der Waals surface area contributed by atoms with Crippen molar-refractivity contribution in [2.24, 2.45) is 0 Å². The Kier molecular flexibility index (Phi) is 10.7. The molecule has 0 aromatic carbocycles. The molecule has 0 aliphatic heterocycles. The number of ether oxygens (including phenoxy) is 1. The van der Waals surface area contributed by atoms with E-state index in [1.165, 1.54) is 25.7 Å². The van der Waals surface area contributed by atoms with Crippen LogP contribution < -0.4 is 0 Å². The van der Waals surface area contributed by atoms with E-state index in [0.29, 0.717) is 6.42 Å². The highest BCUT2D eigenvalue weighted by atomic mass is 32.2. The molecular weight excluding hydrogens is 280 g/mol. The van der Waals surface area contributed by atoms with Crippen molar-refractivity contribution in [3.63, 3.8) is 0 Å². The highest BCUT2D eigenvalue weighted by Crippen LogP contribution is 2.14. The lowest BCUT2D eigenvalue weighted by molar-refractivity contribution is -0.142. The van der Waals surface area contributed by atoms with Gasteiger partial charge in [0.1, 0.15) is 0 Å². The third-order valence-electron chi connectivity index (χ3n) is 3.23. The predicted octanol–water partition coefficient (Wildman–Crippen LogP) is 3.34. The molecule has 0 rings (SSSR count). The van der Waals surface area contributed by atoms with Crippen LogP contribution in [0.4, 0.5) is 0 Å². The first-order chi connectivity index (χ1) is 9.43. The molecule has 120 valence electrons. The fourth-order valence-corrected chi connectivity index (χ4v) is 2.86. The van der Waals surface area contributed by atoms with Crippen molar-refractivity contribution in [1.82, 2.24) is 0 Å². The molecule has 1 atom stereocenters. The highest BCUT2D eigenvalue weighted by Gasteiger charge is 2.31. The quantitative estimate of drug-likeness (QED) is 0.340. The Morgan fingerprint density at radius 2 is 1.50 bits per heavy atom. The first-order valence-corrected chi connectivity index (χ1v) is 9.06.